The van der Waals surface area contributed by atoms with E-state index >= 15 is 0 Å². The van der Waals surface area contributed by atoms with Gasteiger partial charge in [0.1, 0.15) is 5.75 Å². The summed E-state index contributed by atoms with van der Waals surface area (Å²) in [5.41, 5.74) is 0.706. The third kappa shape index (κ3) is 2.62. The van der Waals surface area contributed by atoms with Gasteiger partial charge in [-0.2, -0.15) is 0 Å². The van der Waals surface area contributed by atoms with Gasteiger partial charge in [0, 0.05) is 4.47 Å². The minimum Gasteiger partial charge on any atom is -0.507 e. The van der Waals surface area contributed by atoms with Crippen LogP contribution in [0.1, 0.15) is 12.5 Å². The number of halogens is 1. The third-order valence-corrected chi connectivity index (χ3v) is 3.26. The van der Waals surface area contributed by atoms with E-state index in [4.69, 9.17) is 5.11 Å². The van der Waals surface area contributed by atoms with E-state index in [1.54, 1.807) is 17.8 Å². The maximum Gasteiger partial charge on any atom is 0.129 e. The minimum absolute atomic E-state index is 0.0643. The van der Waals surface area contributed by atoms with Crippen LogP contribution < -0.4 is 0 Å². The van der Waals surface area contributed by atoms with Gasteiger partial charge in [0.2, 0.25) is 0 Å². The van der Waals surface area contributed by atoms with Crippen LogP contribution in [-0.4, -0.2) is 16.0 Å². The molecule has 1 rings (SSSR count). The number of aliphatic hydroxyl groups excluding tert-OH is 1. The molecule has 0 radical (unpaired) electrons. The SMILES string of the molecule is CCSc1cc(Br)c(CO)cc1O. The zero-order chi connectivity index (χ0) is 9.84. The number of hydrogen-bond acceptors (Lipinski definition) is 3. The van der Waals surface area contributed by atoms with E-state index in [1.165, 1.54) is 0 Å². The van der Waals surface area contributed by atoms with E-state index in [1.807, 2.05) is 13.0 Å². The van der Waals surface area contributed by atoms with Crippen LogP contribution in [0, 0.1) is 0 Å². The fraction of sp³-hybridized carbons (Fsp3) is 0.333. The molecule has 0 aromatic heterocycles. The zero-order valence-electron chi connectivity index (χ0n) is 7.25. The maximum absolute atomic E-state index is 9.53. The summed E-state index contributed by atoms with van der Waals surface area (Å²) in [7, 11) is 0. The average Bonchev–Trinajstić information content (AvgIpc) is 2.11. The topological polar surface area (TPSA) is 40.5 Å². The van der Waals surface area contributed by atoms with E-state index < -0.39 is 0 Å². The molecule has 13 heavy (non-hydrogen) atoms. The minimum atomic E-state index is -0.0643. The van der Waals surface area contributed by atoms with Crippen molar-refractivity contribution in [1.82, 2.24) is 0 Å². The van der Waals surface area contributed by atoms with Gasteiger partial charge < -0.3 is 10.2 Å². The molecule has 0 saturated carbocycles. The molecule has 2 N–H and O–H groups in total. The first-order valence-electron chi connectivity index (χ1n) is 3.94. The predicted molar refractivity (Wildman–Crippen MR) is 58.1 cm³/mol. The summed E-state index contributed by atoms with van der Waals surface area (Å²) in [4.78, 5) is 0.839. The largest absolute Gasteiger partial charge is 0.507 e. The lowest BCUT2D eigenvalue weighted by atomic mass is 10.2. The molecule has 0 aliphatic carbocycles. The summed E-state index contributed by atoms with van der Waals surface area (Å²) in [5.74, 6) is 1.15. The van der Waals surface area contributed by atoms with Crippen molar-refractivity contribution in [3.05, 3.63) is 22.2 Å². The van der Waals surface area contributed by atoms with Gasteiger partial charge in [0.25, 0.3) is 0 Å². The fourth-order valence-corrected chi connectivity index (χ4v) is 2.32. The highest BCUT2D eigenvalue weighted by Gasteiger charge is 2.06. The van der Waals surface area contributed by atoms with Crippen LogP contribution in [-0.2, 0) is 6.61 Å². The molecule has 1 aromatic rings. The van der Waals surface area contributed by atoms with Crippen molar-refractivity contribution in [2.45, 2.75) is 18.4 Å². The van der Waals surface area contributed by atoms with Gasteiger partial charge in [0.15, 0.2) is 0 Å². The van der Waals surface area contributed by atoms with Gasteiger partial charge in [-0.15, -0.1) is 11.8 Å². The zero-order valence-corrected chi connectivity index (χ0v) is 9.65. The summed E-state index contributed by atoms with van der Waals surface area (Å²) in [6, 6.07) is 3.41. The van der Waals surface area contributed by atoms with Crippen molar-refractivity contribution < 1.29 is 10.2 Å². The molecule has 0 spiro atoms. The standard InChI is InChI=1S/C9H11BrO2S/c1-2-13-9-4-7(10)6(5-11)3-8(9)12/h3-4,11-12H,2,5H2,1H3. The Hall–Kier alpha value is -0.190. The second-order valence-corrected chi connectivity index (χ2v) is 4.66. The predicted octanol–water partition coefficient (Wildman–Crippen LogP) is 2.76. The van der Waals surface area contributed by atoms with Crippen LogP contribution >= 0.6 is 27.7 Å². The summed E-state index contributed by atoms with van der Waals surface area (Å²) in [6.07, 6.45) is 0. The molecule has 4 heteroatoms. The number of phenols is 1. The van der Waals surface area contributed by atoms with Crippen LogP contribution in [0.25, 0.3) is 0 Å². The normalized spacial score (nSPS) is 10.4. The lowest BCUT2D eigenvalue weighted by Crippen LogP contribution is -1.86. The average molecular weight is 263 g/mol. The first-order chi connectivity index (χ1) is 6.19. The first kappa shape index (κ1) is 10.9. The molecule has 2 nitrogen and oxygen atoms in total. The molecule has 72 valence electrons. The van der Waals surface area contributed by atoms with E-state index in [0.29, 0.717) is 5.56 Å². The number of thioether (sulfide) groups is 1. The van der Waals surface area contributed by atoms with E-state index in [9.17, 15) is 5.11 Å². The monoisotopic (exact) mass is 262 g/mol. The molecule has 0 unspecified atom stereocenters. The van der Waals surface area contributed by atoms with Gasteiger partial charge in [-0.25, -0.2) is 0 Å². The van der Waals surface area contributed by atoms with Crippen molar-refractivity contribution in [1.29, 1.82) is 0 Å². The van der Waals surface area contributed by atoms with E-state index in [0.717, 1.165) is 15.1 Å². The number of phenolic OH excluding ortho intramolecular Hbond substituents is 1. The molecule has 0 heterocycles. The number of rotatable bonds is 3. The van der Waals surface area contributed by atoms with Crippen molar-refractivity contribution in [3.63, 3.8) is 0 Å². The molecular weight excluding hydrogens is 252 g/mol. The Labute approximate surface area is 90.1 Å². The lowest BCUT2D eigenvalue weighted by Gasteiger charge is -2.06. The second-order valence-electron chi connectivity index (χ2n) is 2.50. The quantitative estimate of drug-likeness (QED) is 0.824. The van der Waals surface area contributed by atoms with Crippen molar-refractivity contribution >= 4 is 27.7 Å². The molecule has 0 aliphatic heterocycles. The highest BCUT2D eigenvalue weighted by atomic mass is 79.9. The van der Waals surface area contributed by atoms with E-state index in [-0.39, 0.29) is 12.4 Å². The highest BCUT2D eigenvalue weighted by Crippen LogP contribution is 2.33. The van der Waals surface area contributed by atoms with Gasteiger partial charge in [-0.3, -0.25) is 0 Å². The Morgan fingerprint density at radius 3 is 2.69 bits per heavy atom. The number of aliphatic hydroxyl groups is 1. The molecule has 1 aromatic carbocycles. The summed E-state index contributed by atoms with van der Waals surface area (Å²) in [5, 5.41) is 18.4. The third-order valence-electron chi connectivity index (χ3n) is 1.60. The van der Waals surface area contributed by atoms with Gasteiger partial charge in [-0.1, -0.05) is 22.9 Å². The Balaban J connectivity index is 3.05. The molecular formula is C9H11BrO2S. The Bertz CT molecular complexity index is 302. The van der Waals surface area contributed by atoms with Crippen LogP contribution in [0.3, 0.4) is 0 Å². The fourth-order valence-electron chi connectivity index (χ4n) is 0.979. The smallest absolute Gasteiger partial charge is 0.129 e. The molecule has 0 aliphatic rings. The van der Waals surface area contributed by atoms with Gasteiger partial charge >= 0.3 is 0 Å². The second kappa shape index (κ2) is 4.88. The Morgan fingerprint density at radius 2 is 2.15 bits per heavy atom. The number of benzene rings is 1. The Kier molecular flexibility index (Phi) is 4.09. The van der Waals surface area contributed by atoms with Crippen LogP contribution in [0.4, 0.5) is 0 Å². The van der Waals surface area contributed by atoms with Crippen LogP contribution in [0.15, 0.2) is 21.5 Å². The molecule has 0 saturated heterocycles. The summed E-state index contributed by atoms with van der Waals surface area (Å²) in [6.45, 7) is 1.96. The molecule has 0 atom stereocenters. The highest BCUT2D eigenvalue weighted by molar-refractivity contribution is 9.10. The Morgan fingerprint density at radius 1 is 1.46 bits per heavy atom. The van der Waals surface area contributed by atoms with Crippen molar-refractivity contribution in [2.75, 3.05) is 5.75 Å². The maximum atomic E-state index is 9.53. The number of hydrogen-bond donors (Lipinski definition) is 2. The molecule has 0 amide bonds. The van der Waals surface area contributed by atoms with E-state index in [2.05, 4.69) is 15.9 Å². The van der Waals surface area contributed by atoms with Crippen LogP contribution in [0.2, 0.25) is 0 Å². The summed E-state index contributed by atoms with van der Waals surface area (Å²) >= 11 is 4.90. The summed E-state index contributed by atoms with van der Waals surface area (Å²) < 4.78 is 0.837. The van der Waals surface area contributed by atoms with Gasteiger partial charge in [0.05, 0.1) is 11.5 Å². The first-order valence-corrected chi connectivity index (χ1v) is 5.72. The number of aromatic hydroxyl groups is 1. The molecule has 0 bridgehead atoms. The van der Waals surface area contributed by atoms with Crippen LogP contribution in [0.5, 0.6) is 5.75 Å². The lowest BCUT2D eigenvalue weighted by molar-refractivity contribution is 0.280. The molecule has 0 fully saturated rings. The van der Waals surface area contributed by atoms with Gasteiger partial charge in [-0.05, 0) is 23.4 Å². The van der Waals surface area contributed by atoms with Crippen molar-refractivity contribution in [3.8, 4) is 5.75 Å². The van der Waals surface area contributed by atoms with Crippen molar-refractivity contribution in [2.24, 2.45) is 0 Å².